The molecule has 0 saturated heterocycles. The molecule has 3 aromatic rings. The molecular weight excluding hydrogens is 318 g/mol. The van der Waals surface area contributed by atoms with Gasteiger partial charge in [-0.1, -0.05) is 42.5 Å². The van der Waals surface area contributed by atoms with Crippen molar-refractivity contribution in [2.75, 3.05) is 6.54 Å². The number of para-hydroxylation sites is 1. The molecular formula is C19H17N3OS. The summed E-state index contributed by atoms with van der Waals surface area (Å²) in [6.07, 6.45) is 0. The number of hydrogen-bond donors (Lipinski definition) is 2. The highest BCUT2D eigenvalue weighted by molar-refractivity contribution is 7.19. The molecule has 0 saturated carbocycles. The number of aliphatic hydroxyl groups is 1. The summed E-state index contributed by atoms with van der Waals surface area (Å²) < 4.78 is 1.06. The van der Waals surface area contributed by atoms with Gasteiger partial charge in [-0.25, -0.2) is 4.98 Å². The fraction of sp³-hybridized carbons (Fsp3) is 0.158. The van der Waals surface area contributed by atoms with Crippen LogP contribution in [-0.2, 0) is 0 Å². The Morgan fingerprint density at radius 2 is 1.83 bits per heavy atom. The van der Waals surface area contributed by atoms with E-state index in [1.807, 2.05) is 59.5 Å². The van der Waals surface area contributed by atoms with Gasteiger partial charge in [-0.05, 0) is 24.6 Å². The number of rotatable bonds is 3. The summed E-state index contributed by atoms with van der Waals surface area (Å²) in [6, 6.07) is 18.0. The normalized spacial score (nSPS) is 16.2. The molecule has 1 aliphatic rings. The van der Waals surface area contributed by atoms with Gasteiger partial charge in [-0.15, -0.1) is 11.3 Å². The molecule has 120 valence electrons. The van der Waals surface area contributed by atoms with Gasteiger partial charge in [0.1, 0.15) is 16.6 Å². The van der Waals surface area contributed by atoms with E-state index in [0.717, 1.165) is 15.8 Å². The number of aliphatic hydroxyl groups excluding tert-OH is 1. The minimum Gasteiger partial charge on any atom is -0.510 e. The minimum absolute atomic E-state index is 0.0210. The van der Waals surface area contributed by atoms with Crippen molar-refractivity contribution in [3.05, 3.63) is 70.9 Å². The topological polar surface area (TPSA) is 60.2 Å². The van der Waals surface area contributed by atoms with Gasteiger partial charge < -0.3 is 10.0 Å². The highest BCUT2D eigenvalue weighted by Crippen LogP contribution is 2.36. The van der Waals surface area contributed by atoms with Gasteiger partial charge in [0.25, 0.3) is 0 Å². The van der Waals surface area contributed by atoms with Crippen molar-refractivity contribution in [3.8, 4) is 0 Å². The Morgan fingerprint density at radius 1 is 1.12 bits per heavy atom. The Kier molecular flexibility index (Phi) is 3.58. The molecule has 2 aromatic carbocycles. The van der Waals surface area contributed by atoms with Gasteiger partial charge >= 0.3 is 0 Å². The van der Waals surface area contributed by atoms with E-state index in [1.54, 1.807) is 0 Å². The first kappa shape index (κ1) is 14.9. The zero-order chi connectivity index (χ0) is 16.7. The summed E-state index contributed by atoms with van der Waals surface area (Å²) >= 11 is 1.52. The predicted octanol–water partition coefficient (Wildman–Crippen LogP) is 4.62. The van der Waals surface area contributed by atoms with E-state index in [9.17, 15) is 5.11 Å². The van der Waals surface area contributed by atoms with Crippen LogP contribution in [0, 0.1) is 5.41 Å². The van der Waals surface area contributed by atoms with E-state index in [2.05, 4.69) is 11.9 Å². The van der Waals surface area contributed by atoms with E-state index < -0.39 is 0 Å². The number of benzene rings is 2. The maximum absolute atomic E-state index is 10.5. The maximum atomic E-state index is 10.5. The Hall–Kier alpha value is -2.66. The SMILES string of the molecule is C[C@@H](c1ccccc1)N1CC(O)=C(c2nc3ccccc3s2)C1=N. The molecule has 2 N–H and O–H groups in total. The molecule has 1 aromatic heterocycles. The molecule has 0 bridgehead atoms. The second-order valence-electron chi connectivity index (χ2n) is 5.87. The minimum atomic E-state index is 0.0210. The van der Waals surface area contributed by atoms with Crippen LogP contribution in [0.25, 0.3) is 15.8 Å². The van der Waals surface area contributed by atoms with Crippen molar-refractivity contribution >= 4 is 33.0 Å². The van der Waals surface area contributed by atoms with E-state index in [0.29, 0.717) is 23.0 Å². The molecule has 0 spiro atoms. The molecule has 0 radical (unpaired) electrons. The van der Waals surface area contributed by atoms with Gasteiger partial charge in [0.05, 0.1) is 28.4 Å². The molecule has 0 fully saturated rings. The van der Waals surface area contributed by atoms with Crippen LogP contribution in [0.4, 0.5) is 0 Å². The van der Waals surface area contributed by atoms with Crippen molar-refractivity contribution in [1.82, 2.24) is 9.88 Å². The fourth-order valence-corrected chi connectivity index (χ4v) is 4.08. The number of nitrogens with one attached hydrogen (secondary N) is 1. The Morgan fingerprint density at radius 3 is 2.58 bits per heavy atom. The van der Waals surface area contributed by atoms with Crippen LogP contribution in [0.5, 0.6) is 0 Å². The molecule has 0 amide bonds. The highest BCUT2D eigenvalue weighted by Gasteiger charge is 2.33. The average Bonchev–Trinajstić information content (AvgIpc) is 3.15. The number of amidine groups is 1. The zero-order valence-corrected chi connectivity index (χ0v) is 14.0. The number of nitrogens with zero attached hydrogens (tertiary/aromatic N) is 2. The lowest BCUT2D eigenvalue weighted by Crippen LogP contribution is -2.29. The van der Waals surface area contributed by atoms with Gasteiger partial charge in [0.2, 0.25) is 0 Å². The molecule has 0 aliphatic carbocycles. The first-order chi connectivity index (χ1) is 11.6. The molecule has 0 unspecified atom stereocenters. The first-order valence-electron chi connectivity index (χ1n) is 7.83. The number of fused-ring (bicyclic) bond motifs is 1. The molecule has 5 heteroatoms. The predicted molar refractivity (Wildman–Crippen MR) is 98.5 cm³/mol. The van der Waals surface area contributed by atoms with Gasteiger partial charge in [-0.2, -0.15) is 0 Å². The van der Waals surface area contributed by atoms with E-state index in [4.69, 9.17) is 5.41 Å². The van der Waals surface area contributed by atoms with Crippen molar-refractivity contribution < 1.29 is 5.11 Å². The lowest BCUT2D eigenvalue weighted by atomic mass is 10.1. The third kappa shape index (κ3) is 2.37. The Balaban J connectivity index is 1.68. The lowest BCUT2D eigenvalue weighted by Gasteiger charge is -2.26. The Labute approximate surface area is 144 Å². The van der Waals surface area contributed by atoms with E-state index in [1.165, 1.54) is 11.3 Å². The van der Waals surface area contributed by atoms with Gasteiger partial charge in [0, 0.05) is 0 Å². The maximum Gasteiger partial charge on any atom is 0.135 e. The van der Waals surface area contributed by atoms with Crippen LogP contribution in [0.2, 0.25) is 0 Å². The zero-order valence-electron chi connectivity index (χ0n) is 13.2. The third-order valence-electron chi connectivity index (χ3n) is 4.39. The first-order valence-corrected chi connectivity index (χ1v) is 8.65. The summed E-state index contributed by atoms with van der Waals surface area (Å²) in [5.74, 6) is 0.560. The molecule has 2 heterocycles. The highest BCUT2D eigenvalue weighted by atomic mass is 32.1. The second kappa shape index (κ2) is 5.76. The summed E-state index contributed by atoms with van der Waals surface area (Å²) in [6.45, 7) is 2.40. The molecule has 4 rings (SSSR count). The van der Waals surface area contributed by atoms with Crippen LogP contribution in [0.3, 0.4) is 0 Å². The monoisotopic (exact) mass is 335 g/mol. The summed E-state index contributed by atoms with van der Waals surface area (Å²) in [7, 11) is 0. The van der Waals surface area contributed by atoms with E-state index >= 15 is 0 Å². The quantitative estimate of drug-likeness (QED) is 0.734. The van der Waals surface area contributed by atoms with Gasteiger partial charge in [0.15, 0.2) is 0 Å². The Bertz CT molecular complexity index is 912. The van der Waals surface area contributed by atoms with Gasteiger partial charge in [-0.3, -0.25) is 5.41 Å². The third-order valence-corrected chi connectivity index (χ3v) is 5.44. The van der Waals surface area contributed by atoms with Crippen LogP contribution < -0.4 is 0 Å². The van der Waals surface area contributed by atoms with Crippen LogP contribution in [-0.4, -0.2) is 27.4 Å². The number of aromatic nitrogens is 1. The van der Waals surface area contributed by atoms with Crippen molar-refractivity contribution in [3.63, 3.8) is 0 Å². The average molecular weight is 335 g/mol. The lowest BCUT2D eigenvalue weighted by molar-refractivity contribution is 0.310. The summed E-state index contributed by atoms with van der Waals surface area (Å²) in [4.78, 5) is 6.50. The smallest absolute Gasteiger partial charge is 0.135 e. The molecule has 1 aliphatic heterocycles. The van der Waals surface area contributed by atoms with E-state index in [-0.39, 0.29) is 11.8 Å². The van der Waals surface area contributed by atoms with Crippen molar-refractivity contribution in [2.24, 2.45) is 0 Å². The molecule has 4 nitrogen and oxygen atoms in total. The number of thiazole rings is 1. The standard InChI is InChI=1S/C19H17N3OS/c1-12(13-7-3-2-4-8-13)22-11-15(23)17(18(22)20)19-21-14-9-5-6-10-16(14)24-19/h2-10,12,20,23H,11H2,1H3/t12-/m0/s1. The van der Waals surface area contributed by atoms with Crippen LogP contribution in [0.1, 0.15) is 23.5 Å². The molecule has 24 heavy (non-hydrogen) atoms. The second-order valence-corrected chi connectivity index (χ2v) is 6.90. The van der Waals surface area contributed by atoms with Crippen molar-refractivity contribution in [2.45, 2.75) is 13.0 Å². The van der Waals surface area contributed by atoms with Crippen LogP contribution >= 0.6 is 11.3 Å². The fourth-order valence-electron chi connectivity index (χ4n) is 3.05. The largest absolute Gasteiger partial charge is 0.510 e. The van der Waals surface area contributed by atoms with Crippen LogP contribution in [0.15, 0.2) is 60.4 Å². The molecule has 1 atom stereocenters. The summed E-state index contributed by atoms with van der Waals surface area (Å²) in [5.41, 5.74) is 2.58. The number of hydrogen-bond acceptors (Lipinski definition) is 4. The summed E-state index contributed by atoms with van der Waals surface area (Å²) in [5, 5.41) is 19.7. The van der Waals surface area contributed by atoms with Crippen molar-refractivity contribution in [1.29, 1.82) is 5.41 Å².